The van der Waals surface area contributed by atoms with Crippen LogP contribution in [-0.4, -0.2) is 45.5 Å². The summed E-state index contributed by atoms with van der Waals surface area (Å²) in [5, 5.41) is 0. The number of ether oxygens (including phenoxy) is 1. The van der Waals surface area contributed by atoms with E-state index in [4.69, 9.17) is 4.74 Å². The highest BCUT2D eigenvalue weighted by molar-refractivity contribution is 5.95. The number of ketones is 1. The molecule has 0 amide bonds. The summed E-state index contributed by atoms with van der Waals surface area (Å²) in [7, 11) is 3.16. The number of nitrogens with zero attached hydrogens (tertiary/aromatic N) is 5. The quantitative estimate of drug-likeness (QED) is 0.794. The maximum atomic E-state index is 13.4. The number of carbonyl (C=O) groups excluding carboxylic acids is 1. The van der Waals surface area contributed by atoms with Crippen molar-refractivity contribution in [2.45, 2.75) is 12.8 Å². The van der Waals surface area contributed by atoms with Gasteiger partial charge in [0.25, 0.3) is 5.88 Å². The third-order valence-electron chi connectivity index (χ3n) is 4.01. The van der Waals surface area contributed by atoms with Crippen LogP contribution in [0.2, 0.25) is 0 Å². The molecule has 0 radical (unpaired) electrons. The summed E-state index contributed by atoms with van der Waals surface area (Å²) in [4.78, 5) is 26.7. The number of rotatable bonds is 4. The van der Waals surface area contributed by atoms with Crippen LogP contribution < -0.4 is 9.64 Å². The van der Waals surface area contributed by atoms with Crippen molar-refractivity contribution >= 4 is 11.7 Å². The molecular weight excluding hydrogens is 301 g/mol. The third kappa shape index (κ3) is 3.01. The monoisotopic (exact) mass is 319 g/mol. The zero-order valence-corrected chi connectivity index (χ0v) is 13.1. The molecule has 0 spiro atoms. The Morgan fingerprint density at radius 3 is 2.96 bits per heavy atom. The highest BCUT2D eigenvalue weighted by Crippen LogP contribution is 2.24. The number of hydrogen-bond donors (Lipinski definition) is 0. The van der Waals surface area contributed by atoms with Crippen molar-refractivity contribution in [3.05, 3.63) is 30.2 Å². The molecule has 0 N–H and O–H groups in total. The molecule has 1 fully saturated rings. The van der Waals surface area contributed by atoms with Crippen LogP contribution in [0.4, 0.5) is 10.3 Å². The Labute approximate surface area is 133 Å². The van der Waals surface area contributed by atoms with E-state index in [1.165, 1.54) is 7.11 Å². The standard InChI is InChI=1S/C15H18FN5O2/c1-20-7-5-17-13(20)12(22)10-4-3-6-21(9-10)15-18-8-11(16)14(19-15)23-2/h5,7-8,10H,3-4,6,9H2,1-2H3. The Bertz CT molecular complexity index is 718. The minimum atomic E-state index is -0.603. The Balaban J connectivity index is 1.78. The first-order valence-corrected chi connectivity index (χ1v) is 7.43. The first kappa shape index (κ1) is 15.4. The predicted octanol–water partition coefficient (Wildman–Crippen LogP) is 1.46. The van der Waals surface area contributed by atoms with Crippen molar-refractivity contribution in [2.24, 2.45) is 13.0 Å². The molecule has 8 heteroatoms. The normalized spacial score (nSPS) is 18.0. The van der Waals surface area contributed by atoms with Crippen LogP contribution in [0.3, 0.4) is 0 Å². The molecule has 0 saturated carbocycles. The van der Waals surface area contributed by atoms with Gasteiger partial charge in [-0.1, -0.05) is 0 Å². The maximum Gasteiger partial charge on any atom is 0.255 e. The van der Waals surface area contributed by atoms with Gasteiger partial charge in [-0.15, -0.1) is 0 Å². The Morgan fingerprint density at radius 1 is 1.43 bits per heavy atom. The van der Waals surface area contributed by atoms with E-state index in [0.29, 0.717) is 18.3 Å². The van der Waals surface area contributed by atoms with Gasteiger partial charge in [-0.2, -0.15) is 9.37 Å². The molecule has 1 aliphatic heterocycles. The number of imidazole rings is 1. The summed E-state index contributed by atoms with van der Waals surface area (Å²) < 4.78 is 20.1. The van der Waals surface area contributed by atoms with Gasteiger partial charge in [-0.25, -0.2) is 9.97 Å². The SMILES string of the molecule is COc1nc(N2CCCC(C(=O)c3nccn3C)C2)ncc1F. The smallest absolute Gasteiger partial charge is 0.255 e. The van der Waals surface area contributed by atoms with Crippen LogP contribution in [0.5, 0.6) is 5.88 Å². The molecule has 1 atom stereocenters. The van der Waals surface area contributed by atoms with Crippen molar-refractivity contribution in [2.75, 3.05) is 25.1 Å². The summed E-state index contributed by atoms with van der Waals surface area (Å²) in [5.41, 5.74) is 0. The van der Waals surface area contributed by atoms with Crippen molar-refractivity contribution in [3.8, 4) is 5.88 Å². The summed E-state index contributed by atoms with van der Waals surface area (Å²) in [5.74, 6) is -0.0303. The number of aryl methyl sites for hydroxylation is 1. The molecule has 1 saturated heterocycles. The van der Waals surface area contributed by atoms with Crippen LogP contribution in [-0.2, 0) is 7.05 Å². The Kier molecular flexibility index (Phi) is 4.22. The summed E-state index contributed by atoms with van der Waals surface area (Å²) in [6.45, 7) is 1.21. The molecule has 7 nitrogen and oxygen atoms in total. The van der Waals surface area contributed by atoms with Crippen LogP contribution in [0.25, 0.3) is 0 Å². The van der Waals surface area contributed by atoms with E-state index in [9.17, 15) is 9.18 Å². The third-order valence-corrected chi connectivity index (χ3v) is 4.01. The van der Waals surface area contributed by atoms with E-state index in [0.717, 1.165) is 25.6 Å². The van der Waals surface area contributed by atoms with Crippen molar-refractivity contribution in [1.82, 2.24) is 19.5 Å². The molecule has 0 bridgehead atoms. The van der Waals surface area contributed by atoms with Crippen molar-refractivity contribution in [3.63, 3.8) is 0 Å². The van der Waals surface area contributed by atoms with Crippen LogP contribution in [0, 0.1) is 11.7 Å². The van der Waals surface area contributed by atoms with E-state index in [1.54, 1.807) is 24.0 Å². The second kappa shape index (κ2) is 6.31. The van der Waals surface area contributed by atoms with Crippen LogP contribution in [0.1, 0.15) is 23.5 Å². The maximum absolute atomic E-state index is 13.4. The van der Waals surface area contributed by atoms with E-state index < -0.39 is 5.82 Å². The second-order valence-corrected chi connectivity index (χ2v) is 5.54. The number of hydrogen-bond acceptors (Lipinski definition) is 6. The molecular formula is C15H18FN5O2. The molecule has 1 aliphatic rings. The first-order chi connectivity index (χ1) is 11.1. The largest absolute Gasteiger partial charge is 0.479 e. The predicted molar refractivity (Wildman–Crippen MR) is 81.0 cm³/mol. The molecule has 2 aromatic rings. The molecule has 3 rings (SSSR count). The molecule has 0 aliphatic carbocycles. The van der Waals surface area contributed by atoms with Crippen molar-refractivity contribution in [1.29, 1.82) is 0 Å². The lowest BCUT2D eigenvalue weighted by Crippen LogP contribution is -2.40. The molecule has 2 aromatic heterocycles. The minimum Gasteiger partial charge on any atom is -0.479 e. The topological polar surface area (TPSA) is 73.1 Å². The van der Waals surface area contributed by atoms with Gasteiger partial charge in [0.05, 0.1) is 13.3 Å². The number of aromatic nitrogens is 4. The number of carbonyl (C=O) groups is 1. The van der Waals surface area contributed by atoms with Gasteiger partial charge >= 0.3 is 0 Å². The summed E-state index contributed by atoms with van der Waals surface area (Å²) >= 11 is 0. The lowest BCUT2D eigenvalue weighted by molar-refractivity contribution is 0.0893. The van der Waals surface area contributed by atoms with Gasteiger partial charge < -0.3 is 14.2 Å². The fourth-order valence-corrected chi connectivity index (χ4v) is 2.80. The number of methoxy groups -OCH3 is 1. The number of piperidine rings is 1. The first-order valence-electron chi connectivity index (χ1n) is 7.43. The van der Waals surface area contributed by atoms with E-state index >= 15 is 0 Å². The minimum absolute atomic E-state index is 0.0104. The molecule has 3 heterocycles. The average Bonchev–Trinajstić information content (AvgIpc) is 3.01. The van der Waals surface area contributed by atoms with Gasteiger partial charge in [0.2, 0.25) is 17.5 Å². The number of anilines is 1. The zero-order chi connectivity index (χ0) is 16.4. The molecule has 0 aromatic carbocycles. The Hall–Kier alpha value is -2.51. The van der Waals surface area contributed by atoms with Gasteiger partial charge in [0, 0.05) is 38.4 Å². The van der Waals surface area contributed by atoms with E-state index in [2.05, 4.69) is 15.0 Å². The van der Waals surface area contributed by atoms with Gasteiger partial charge in [0.15, 0.2) is 5.82 Å². The second-order valence-electron chi connectivity index (χ2n) is 5.54. The lowest BCUT2D eigenvalue weighted by Gasteiger charge is -2.31. The fraction of sp³-hybridized carbons (Fsp3) is 0.467. The molecule has 122 valence electrons. The van der Waals surface area contributed by atoms with E-state index in [1.807, 2.05) is 4.90 Å². The lowest BCUT2D eigenvalue weighted by atomic mass is 9.93. The van der Waals surface area contributed by atoms with Crippen LogP contribution >= 0.6 is 0 Å². The highest BCUT2D eigenvalue weighted by Gasteiger charge is 2.30. The fourth-order valence-electron chi connectivity index (χ4n) is 2.80. The van der Waals surface area contributed by atoms with Crippen molar-refractivity contribution < 1.29 is 13.9 Å². The number of Topliss-reactive ketones (excluding diaryl/α,β-unsaturated/α-hetero) is 1. The molecule has 1 unspecified atom stereocenters. The van der Waals surface area contributed by atoms with Crippen LogP contribution in [0.15, 0.2) is 18.6 Å². The zero-order valence-electron chi connectivity index (χ0n) is 13.1. The summed E-state index contributed by atoms with van der Waals surface area (Å²) in [6, 6.07) is 0. The Morgan fingerprint density at radius 2 is 2.26 bits per heavy atom. The number of halogens is 1. The van der Waals surface area contributed by atoms with Gasteiger partial charge in [0.1, 0.15) is 0 Å². The van der Waals surface area contributed by atoms with Gasteiger partial charge in [-0.05, 0) is 12.8 Å². The highest BCUT2D eigenvalue weighted by atomic mass is 19.1. The summed E-state index contributed by atoms with van der Waals surface area (Å²) in [6.07, 6.45) is 6.08. The van der Waals surface area contributed by atoms with E-state index in [-0.39, 0.29) is 17.6 Å². The molecule has 23 heavy (non-hydrogen) atoms. The average molecular weight is 319 g/mol. The van der Waals surface area contributed by atoms with Gasteiger partial charge in [-0.3, -0.25) is 4.79 Å².